The molecule has 12 rings (SSSR count). The fourth-order valence-corrected chi connectivity index (χ4v) is 8.49. The Labute approximate surface area is 320 Å². The first-order chi connectivity index (χ1) is 27.7. The van der Waals surface area contributed by atoms with Crippen molar-refractivity contribution in [2.45, 2.75) is 0 Å². The van der Waals surface area contributed by atoms with E-state index in [9.17, 15) is 0 Å². The molecule has 0 N–H and O–H groups in total. The molecule has 4 aromatic heterocycles. The Morgan fingerprint density at radius 1 is 0.429 bits per heavy atom. The summed E-state index contributed by atoms with van der Waals surface area (Å²) in [5.41, 5.74) is 7.92. The lowest BCUT2D eigenvalue weighted by atomic mass is 10.00. The molecular weight excluding hydrogens is 687 g/mol. The molecule has 0 aliphatic carbocycles. The number of aromatic nitrogens is 5. The van der Waals surface area contributed by atoms with Crippen LogP contribution in [-0.4, -0.2) is 24.5 Å². The topological polar surface area (TPSA) is 69.6 Å². The Kier molecular flexibility index (Phi) is 6.53. The Bertz CT molecular complexity index is 3440. The van der Waals surface area contributed by atoms with Gasteiger partial charge in [0.25, 0.3) is 0 Å². The van der Waals surface area contributed by atoms with Crippen LogP contribution in [0.15, 0.2) is 181 Å². The summed E-state index contributed by atoms with van der Waals surface area (Å²) in [7, 11) is 0. The lowest BCUT2D eigenvalue weighted by Gasteiger charge is -2.09. The van der Waals surface area contributed by atoms with Gasteiger partial charge in [-0.3, -0.25) is 4.57 Å². The molecule has 260 valence electrons. The number of furan rings is 1. The molecular formula is C50H29N5O. The van der Waals surface area contributed by atoms with E-state index in [1.165, 1.54) is 37.7 Å². The van der Waals surface area contributed by atoms with Crippen LogP contribution in [0.1, 0.15) is 0 Å². The van der Waals surface area contributed by atoms with E-state index in [4.69, 9.17) is 24.4 Å². The molecule has 56 heavy (non-hydrogen) atoms. The van der Waals surface area contributed by atoms with Crippen molar-refractivity contribution in [2.24, 2.45) is 0 Å². The smallest absolute Gasteiger partial charge is 0.231 e. The Morgan fingerprint density at radius 3 is 1.79 bits per heavy atom. The third kappa shape index (κ3) is 4.63. The van der Waals surface area contributed by atoms with Crippen LogP contribution in [0.3, 0.4) is 0 Å². The molecule has 0 bridgehead atoms. The Hall–Kier alpha value is -7.70. The number of hydrogen-bond donors (Lipinski definition) is 0. The average molecular weight is 716 g/mol. The van der Waals surface area contributed by atoms with Crippen molar-refractivity contribution in [1.82, 2.24) is 24.5 Å². The van der Waals surface area contributed by atoms with Crippen molar-refractivity contribution < 1.29 is 4.42 Å². The van der Waals surface area contributed by atoms with Crippen LogP contribution < -0.4 is 0 Å². The van der Waals surface area contributed by atoms with Crippen molar-refractivity contribution in [3.63, 3.8) is 0 Å². The van der Waals surface area contributed by atoms with E-state index in [0.717, 1.165) is 55.2 Å². The summed E-state index contributed by atoms with van der Waals surface area (Å²) in [6, 6.07) is 57.4. The highest BCUT2D eigenvalue weighted by molar-refractivity contribution is 6.28. The lowest BCUT2D eigenvalue weighted by Crippen LogP contribution is -2.01. The molecule has 6 nitrogen and oxygen atoms in total. The van der Waals surface area contributed by atoms with Gasteiger partial charge in [0.2, 0.25) is 5.71 Å². The van der Waals surface area contributed by atoms with Crippen molar-refractivity contribution >= 4 is 76.2 Å². The van der Waals surface area contributed by atoms with Crippen molar-refractivity contribution in [1.29, 1.82) is 0 Å². The molecule has 0 aliphatic rings. The molecule has 0 fully saturated rings. The number of rotatable bonds is 4. The number of nitrogens with zero attached hydrogens (tertiary/aromatic N) is 5. The van der Waals surface area contributed by atoms with Crippen molar-refractivity contribution in [2.75, 3.05) is 0 Å². The summed E-state index contributed by atoms with van der Waals surface area (Å²) in [5, 5.41) is 11.3. The second kappa shape index (κ2) is 11.9. The Balaban J connectivity index is 1.05. The maximum absolute atomic E-state index is 6.57. The maximum atomic E-state index is 6.57. The predicted octanol–water partition coefficient (Wildman–Crippen LogP) is 12.7. The van der Waals surface area contributed by atoms with Crippen LogP contribution in [-0.2, 0) is 0 Å². The van der Waals surface area contributed by atoms with Crippen LogP contribution in [0.5, 0.6) is 0 Å². The van der Waals surface area contributed by atoms with E-state index in [1.54, 1.807) is 6.20 Å². The molecule has 0 saturated heterocycles. The SMILES string of the molecule is c1ccc(-c2ccc3c(c2)oc2nc(-c4cnc(-n5c6ccc7ccccc7c6c6c7ccccc7ccc65)cn4)nc(-c4ccc5ccccc5c4)c23)cc1. The van der Waals surface area contributed by atoms with Gasteiger partial charge in [-0.15, -0.1) is 0 Å². The fraction of sp³-hybridized carbons (Fsp3) is 0. The second-order valence-electron chi connectivity index (χ2n) is 14.3. The highest BCUT2D eigenvalue weighted by Gasteiger charge is 2.21. The van der Waals surface area contributed by atoms with Gasteiger partial charge in [0.05, 0.1) is 34.5 Å². The minimum absolute atomic E-state index is 0.446. The maximum Gasteiger partial charge on any atom is 0.231 e. The monoisotopic (exact) mass is 715 g/mol. The molecule has 0 radical (unpaired) electrons. The zero-order valence-corrected chi connectivity index (χ0v) is 29.9. The van der Waals surface area contributed by atoms with Crippen LogP contribution in [0.4, 0.5) is 0 Å². The number of benzene rings is 8. The highest BCUT2D eigenvalue weighted by atomic mass is 16.3. The van der Waals surface area contributed by atoms with E-state index in [0.29, 0.717) is 23.0 Å². The average Bonchev–Trinajstić information content (AvgIpc) is 3.82. The Morgan fingerprint density at radius 2 is 1.07 bits per heavy atom. The molecule has 4 heterocycles. The van der Waals surface area contributed by atoms with E-state index in [-0.39, 0.29) is 0 Å². The summed E-state index contributed by atoms with van der Waals surface area (Å²) in [6.45, 7) is 0. The van der Waals surface area contributed by atoms with Crippen LogP contribution >= 0.6 is 0 Å². The summed E-state index contributed by atoms with van der Waals surface area (Å²) in [5.74, 6) is 1.16. The molecule has 8 aromatic carbocycles. The summed E-state index contributed by atoms with van der Waals surface area (Å²) < 4.78 is 8.79. The first-order valence-corrected chi connectivity index (χ1v) is 18.7. The van der Waals surface area contributed by atoms with E-state index in [1.807, 2.05) is 24.4 Å². The number of fused-ring (bicyclic) bond motifs is 11. The van der Waals surface area contributed by atoms with E-state index >= 15 is 0 Å². The molecule has 0 saturated carbocycles. The summed E-state index contributed by atoms with van der Waals surface area (Å²) in [4.78, 5) is 20.3. The first-order valence-electron chi connectivity index (χ1n) is 18.7. The van der Waals surface area contributed by atoms with Gasteiger partial charge in [-0.1, -0.05) is 133 Å². The van der Waals surface area contributed by atoms with Gasteiger partial charge >= 0.3 is 0 Å². The normalized spacial score (nSPS) is 11.9. The zero-order chi connectivity index (χ0) is 36.7. The fourth-order valence-electron chi connectivity index (χ4n) is 8.49. The van der Waals surface area contributed by atoms with E-state index < -0.39 is 0 Å². The minimum atomic E-state index is 0.446. The van der Waals surface area contributed by atoms with Gasteiger partial charge in [-0.2, -0.15) is 4.98 Å². The predicted molar refractivity (Wildman–Crippen MR) is 228 cm³/mol. The molecule has 6 heteroatoms. The molecule has 0 aliphatic heterocycles. The van der Waals surface area contributed by atoms with Crippen LogP contribution in [0.2, 0.25) is 0 Å². The quantitative estimate of drug-likeness (QED) is 0.181. The van der Waals surface area contributed by atoms with Crippen molar-refractivity contribution in [3.05, 3.63) is 176 Å². The van der Waals surface area contributed by atoms with Gasteiger partial charge < -0.3 is 4.42 Å². The van der Waals surface area contributed by atoms with Gasteiger partial charge in [0.15, 0.2) is 11.6 Å². The lowest BCUT2D eigenvalue weighted by molar-refractivity contribution is 0.653. The van der Waals surface area contributed by atoms with Gasteiger partial charge in [-0.25, -0.2) is 15.0 Å². The second-order valence-corrected chi connectivity index (χ2v) is 14.3. The van der Waals surface area contributed by atoms with Gasteiger partial charge in [0.1, 0.15) is 11.3 Å². The zero-order valence-electron chi connectivity index (χ0n) is 29.9. The summed E-state index contributed by atoms with van der Waals surface area (Å²) in [6.07, 6.45) is 3.60. The molecule has 0 unspecified atom stereocenters. The molecule has 0 spiro atoms. The van der Waals surface area contributed by atoms with Crippen LogP contribution in [0, 0.1) is 0 Å². The van der Waals surface area contributed by atoms with Crippen molar-refractivity contribution in [3.8, 4) is 39.7 Å². The first kappa shape index (κ1) is 30.7. The number of hydrogen-bond acceptors (Lipinski definition) is 5. The highest BCUT2D eigenvalue weighted by Crippen LogP contribution is 2.41. The molecule has 0 atom stereocenters. The standard InChI is InChI=1S/C50H29N5O/c1-2-10-30(11-3-1)35-20-23-39-43(27-35)56-50-47(39)48(36-19-18-31-12-4-5-15-34(31)26-36)53-49(54-50)40-28-52-44(29-51-40)55-41-24-21-32-13-6-8-16-37(32)45(41)46-38-17-9-7-14-33(38)22-25-42(46)55/h1-29H. The van der Waals surface area contributed by atoms with Crippen LogP contribution in [0.25, 0.3) is 116 Å². The third-order valence-corrected chi connectivity index (χ3v) is 11.1. The minimum Gasteiger partial charge on any atom is -0.438 e. The van der Waals surface area contributed by atoms with Gasteiger partial charge in [0, 0.05) is 21.7 Å². The largest absolute Gasteiger partial charge is 0.438 e. The van der Waals surface area contributed by atoms with Gasteiger partial charge in [-0.05, 0) is 73.8 Å². The molecule has 12 aromatic rings. The molecule has 0 amide bonds. The van der Waals surface area contributed by atoms with E-state index in [2.05, 4.69) is 150 Å². The summed E-state index contributed by atoms with van der Waals surface area (Å²) >= 11 is 0. The third-order valence-electron chi connectivity index (χ3n) is 11.1.